The van der Waals surface area contributed by atoms with Gasteiger partial charge in [-0.2, -0.15) is 0 Å². The number of rotatable bonds is 6. The minimum atomic E-state index is 0.235. The Balaban J connectivity index is 1.88. The molecule has 0 radical (unpaired) electrons. The molecule has 1 atom stereocenters. The average molecular weight is 272 g/mol. The van der Waals surface area contributed by atoms with Gasteiger partial charge in [-0.1, -0.05) is 18.5 Å². The summed E-state index contributed by atoms with van der Waals surface area (Å²) >= 11 is 6.10. The highest BCUT2D eigenvalue weighted by Gasteiger charge is 2.18. The van der Waals surface area contributed by atoms with Gasteiger partial charge < -0.3 is 19.9 Å². The Hall–Kier alpha value is -0.970. The van der Waals surface area contributed by atoms with Crippen LogP contribution in [0.25, 0.3) is 0 Å². The minimum Gasteiger partial charge on any atom is -0.454 e. The summed E-state index contributed by atoms with van der Waals surface area (Å²) in [4.78, 5) is 0. The predicted molar refractivity (Wildman–Crippen MR) is 70.1 cm³/mol. The molecule has 1 unspecified atom stereocenters. The van der Waals surface area contributed by atoms with Crippen molar-refractivity contribution in [3.8, 4) is 11.5 Å². The lowest BCUT2D eigenvalue weighted by atomic mass is 10.1. The van der Waals surface area contributed by atoms with Crippen molar-refractivity contribution in [2.75, 3.05) is 19.9 Å². The topological polar surface area (TPSA) is 50.7 Å². The summed E-state index contributed by atoms with van der Waals surface area (Å²) < 4.78 is 10.6. The van der Waals surface area contributed by atoms with Crippen LogP contribution in [0, 0.1) is 5.92 Å². The van der Waals surface area contributed by atoms with Gasteiger partial charge in [0.15, 0.2) is 11.5 Å². The highest BCUT2D eigenvalue weighted by molar-refractivity contribution is 6.32. The Kier molecular flexibility index (Phi) is 4.69. The Morgan fingerprint density at radius 2 is 2.28 bits per heavy atom. The van der Waals surface area contributed by atoms with E-state index in [9.17, 15) is 0 Å². The first-order valence-electron chi connectivity index (χ1n) is 6.10. The standard InChI is InChI=1S/C13H18ClNO3/c1-9(2-3-16)6-15-7-10-4-11(14)13-12(5-10)17-8-18-13/h4-5,9,15-16H,2-3,6-8H2,1H3. The molecule has 4 nitrogen and oxygen atoms in total. The van der Waals surface area contributed by atoms with Crippen molar-refractivity contribution in [3.63, 3.8) is 0 Å². The third-order valence-electron chi connectivity index (χ3n) is 2.93. The first kappa shape index (κ1) is 13.5. The van der Waals surface area contributed by atoms with Crippen LogP contribution in [0.1, 0.15) is 18.9 Å². The summed E-state index contributed by atoms with van der Waals surface area (Å²) in [7, 11) is 0. The van der Waals surface area contributed by atoms with E-state index >= 15 is 0 Å². The second-order valence-corrected chi connectivity index (χ2v) is 4.97. The molecule has 2 rings (SSSR count). The number of fused-ring (bicyclic) bond motifs is 1. The number of ether oxygens (including phenoxy) is 2. The zero-order chi connectivity index (χ0) is 13.0. The number of hydrogen-bond acceptors (Lipinski definition) is 4. The van der Waals surface area contributed by atoms with Crippen LogP contribution in [-0.4, -0.2) is 25.1 Å². The van der Waals surface area contributed by atoms with Crippen molar-refractivity contribution >= 4 is 11.6 Å². The largest absolute Gasteiger partial charge is 0.454 e. The van der Waals surface area contributed by atoms with Crippen molar-refractivity contribution in [2.24, 2.45) is 5.92 Å². The molecule has 0 aliphatic carbocycles. The number of halogens is 1. The lowest BCUT2D eigenvalue weighted by molar-refractivity contribution is 0.174. The molecule has 1 aliphatic heterocycles. The monoisotopic (exact) mass is 271 g/mol. The summed E-state index contributed by atoms with van der Waals surface area (Å²) in [6, 6.07) is 3.83. The molecular weight excluding hydrogens is 254 g/mol. The van der Waals surface area contributed by atoms with E-state index in [0.717, 1.165) is 25.1 Å². The van der Waals surface area contributed by atoms with Gasteiger partial charge in [-0.15, -0.1) is 0 Å². The van der Waals surface area contributed by atoms with Gasteiger partial charge in [-0.05, 0) is 36.6 Å². The molecule has 0 bridgehead atoms. The molecule has 0 saturated carbocycles. The molecule has 0 aromatic heterocycles. The Bertz CT molecular complexity index is 411. The van der Waals surface area contributed by atoms with Crippen LogP contribution in [-0.2, 0) is 6.54 Å². The molecule has 0 amide bonds. The molecule has 1 aromatic rings. The van der Waals surface area contributed by atoms with Gasteiger partial charge in [0.1, 0.15) is 0 Å². The Morgan fingerprint density at radius 3 is 3.06 bits per heavy atom. The van der Waals surface area contributed by atoms with E-state index in [1.807, 2.05) is 12.1 Å². The van der Waals surface area contributed by atoms with Crippen molar-refractivity contribution in [3.05, 3.63) is 22.7 Å². The summed E-state index contributed by atoms with van der Waals surface area (Å²) in [5.74, 6) is 1.80. The van der Waals surface area contributed by atoms with Gasteiger partial charge in [0, 0.05) is 13.2 Å². The van der Waals surface area contributed by atoms with Gasteiger partial charge in [0.25, 0.3) is 0 Å². The van der Waals surface area contributed by atoms with Crippen molar-refractivity contribution in [1.82, 2.24) is 5.32 Å². The van der Waals surface area contributed by atoms with Crippen LogP contribution in [0.5, 0.6) is 11.5 Å². The van der Waals surface area contributed by atoms with Crippen LogP contribution in [0.4, 0.5) is 0 Å². The second kappa shape index (κ2) is 6.27. The van der Waals surface area contributed by atoms with E-state index in [1.54, 1.807) is 0 Å². The van der Waals surface area contributed by atoms with E-state index in [0.29, 0.717) is 22.4 Å². The van der Waals surface area contributed by atoms with E-state index < -0.39 is 0 Å². The van der Waals surface area contributed by atoms with Crippen molar-refractivity contribution in [2.45, 2.75) is 19.9 Å². The first-order valence-corrected chi connectivity index (χ1v) is 6.48. The van der Waals surface area contributed by atoms with Crippen LogP contribution < -0.4 is 14.8 Å². The molecule has 100 valence electrons. The molecule has 1 aliphatic rings. The molecule has 0 spiro atoms. The number of nitrogens with one attached hydrogen (secondary N) is 1. The zero-order valence-electron chi connectivity index (χ0n) is 10.4. The van der Waals surface area contributed by atoms with Gasteiger partial charge in [-0.3, -0.25) is 0 Å². The minimum absolute atomic E-state index is 0.235. The lowest BCUT2D eigenvalue weighted by Gasteiger charge is -2.11. The maximum atomic E-state index is 8.82. The van der Waals surface area contributed by atoms with E-state index in [4.69, 9.17) is 26.2 Å². The fourth-order valence-corrected chi connectivity index (χ4v) is 2.20. The number of hydrogen-bond donors (Lipinski definition) is 2. The summed E-state index contributed by atoms with van der Waals surface area (Å²) in [6.45, 7) is 4.17. The third kappa shape index (κ3) is 3.28. The van der Waals surface area contributed by atoms with Crippen LogP contribution in [0.15, 0.2) is 12.1 Å². The molecule has 2 N–H and O–H groups in total. The van der Waals surface area contributed by atoms with Gasteiger partial charge in [-0.25, -0.2) is 0 Å². The second-order valence-electron chi connectivity index (χ2n) is 4.56. The third-order valence-corrected chi connectivity index (χ3v) is 3.21. The summed E-state index contributed by atoms with van der Waals surface area (Å²) in [6.07, 6.45) is 0.814. The highest BCUT2D eigenvalue weighted by atomic mass is 35.5. The van der Waals surface area contributed by atoms with Crippen LogP contribution in [0.2, 0.25) is 5.02 Å². The quantitative estimate of drug-likeness (QED) is 0.833. The zero-order valence-corrected chi connectivity index (χ0v) is 11.2. The number of benzene rings is 1. The Labute approximate surface area is 112 Å². The number of aliphatic hydroxyl groups excluding tert-OH is 1. The number of aliphatic hydroxyl groups is 1. The normalized spacial score (nSPS) is 14.8. The summed E-state index contributed by atoms with van der Waals surface area (Å²) in [5.41, 5.74) is 1.07. The van der Waals surface area contributed by atoms with Gasteiger partial charge in [0.05, 0.1) is 5.02 Å². The fourth-order valence-electron chi connectivity index (χ4n) is 1.91. The predicted octanol–water partition coefficient (Wildman–Crippen LogP) is 2.18. The van der Waals surface area contributed by atoms with Crippen molar-refractivity contribution in [1.29, 1.82) is 0 Å². The van der Waals surface area contributed by atoms with Gasteiger partial charge >= 0.3 is 0 Å². The van der Waals surface area contributed by atoms with E-state index in [-0.39, 0.29) is 13.4 Å². The molecule has 5 heteroatoms. The van der Waals surface area contributed by atoms with Crippen molar-refractivity contribution < 1.29 is 14.6 Å². The van der Waals surface area contributed by atoms with Gasteiger partial charge in [0.2, 0.25) is 6.79 Å². The molecule has 1 heterocycles. The van der Waals surface area contributed by atoms with E-state index in [2.05, 4.69) is 12.2 Å². The smallest absolute Gasteiger partial charge is 0.231 e. The summed E-state index contributed by atoms with van der Waals surface area (Å²) in [5, 5.41) is 12.7. The average Bonchev–Trinajstić information content (AvgIpc) is 2.78. The molecular formula is C13H18ClNO3. The molecule has 18 heavy (non-hydrogen) atoms. The SMILES string of the molecule is CC(CCO)CNCc1cc(Cl)c2c(c1)OCO2. The molecule has 0 fully saturated rings. The van der Waals surface area contributed by atoms with Crippen LogP contribution >= 0.6 is 11.6 Å². The highest BCUT2D eigenvalue weighted by Crippen LogP contribution is 2.39. The fraction of sp³-hybridized carbons (Fsp3) is 0.538. The first-order chi connectivity index (χ1) is 8.70. The lowest BCUT2D eigenvalue weighted by Crippen LogP contribution is -2.21. The Morgan fingerprint density at radius 1 is 1.44 bits per heavy atom. The maximum absolute atomic E-state index is 8.82. The maximum Gasteiger partial charge on any atom is 0.231 e. The van der Waals surface area contributed by atoms with E-state index in [1.165, 1.54) is 0 Å². The molecule has 0 saturated heterocycles. The molecule has 1 aromatic carbocycles. The van der Waals surface area contributed by atoms with Crippen LogP contribution in [0.3, 0.4) is 0 Å².